The quantitative estimate of drug-likeness (QED) is 0.0159. The number of ether oxygens (including phenoxy) is 10. The molecule has 101 heavy (non-hydrogen) atoms. The van der Waals surface area contributed by atoms with Crippen molar-refractivity contribution < 1.29 is 162 Å². The SMILES string of the molecule is CCCCCCCC/C=C\CCCCCCCC(=O)OC[C@H](COP(=O)(O)O[C@@H]1C(O[C@@H]2OC(CO[C@@H]3OC(CO[C@@H]4OC(CO)[C@H](O)C(O)[C@@H]4O)[C@H](O)C(O)[C@@H]3O)[C@H](O)C(O)[C@@H]2O)C(O)[C@@H](O)C(O)[C@H]1O[C@H]1OC(CO)[C@@H](O)C(O)[C@H]1O)OC(=O)CCCCCCCCCCCCCCC. The van der Waals surface area contributed by atoms with Crippen molar-refractivity contribution in [1.29, 1.82) is 0 Å². The zero-order valence-corrected chi connectivity index (χ0v) is 59.3. The van der Waals surface area contributed by atoms with Gasteiger partial charge in [0.15, 0.2) is 31.3 Å². The van der Waals surface area contributed by atoms with Gasteiger partial charge in [0.2, 0.25) is 0 Å². The summed E-state index contributed by atoms with van der Waals surface area (Å²) in [5.74, 6) is -1.45. The van der Waals surface area contributed by atoms with Gasteiger partial charge in [-0.2, -0.15) is 0 Å². The molecule has 1 aliphatic carbocycles. The molecule has 5 rings (SSSR count). The summed E-state index contributed by atoms with van der Waals surface area (Å²) in [6, 6.07) is 0. The fourth-order valence-corrected chi connectivity index (χ4v) is 13.6. The predicted molar refractivity (Wildman–Crippen MR) is 352 cm³/mol. The van der Waals surface area contributed by atoms with E-state index in [9.17, 15) is 106 Å². The van der Waals surface area contributed by atoms with Crippen LogP contribution in [0.25, 0.3) is 0 Å². The van der Waals surface area contributed by atoms with Gasteiger partial charge in [-0.15, -0.1) is 0 Å². The molecule has 12 unspecified atom stereocenters. The van der Waals surface area contributed by atoms with Gasteiger partial charge in [-0.3, -0.25) is 18.6 Å². The van der Waals surface area contributed by atoms with Gasteiger partial charge in [-0.1, -0.05) is 154 Å². The number of aliphatic hydroxyl groups excluding tert-OH is 17. The molecule has 5 fully saturated rings. The van der Waals surface area contributed by atoms with E-state index in [4.69, 9.17) is 56.4 Å². The van der Waals surface area contributed by atoms with E-state index >= 15 is 0 Å². The summed E-state index contributed by atoms with van der Waals surface area (Å²) in [5.41, 5.74) is 0. The predicted octanol–water partition coefficient (Wildman–Crippen LogP) is -0.423. The van der Waals surface area contributed by atoms with Crippen molar-refractivity contribution in [3.05, 3.63) is 12.2 Å². The van der Waals surface area contributed by atoms with Gasteiger partial charge in [-0.25, -0.2) is 4.57 Å². The third-order valence-corrected chi connectivity index (χ3v) is 20.0. The number of esters is 2. The molecule has 33 nitrogen and oxygen atoms in total. The number of unbranched alkanes of at least 4 members (excludes halogenated alkanes) is 23. The number of hydrogen-bond donors (Lipinski definition) is 18. The minimum atomic E-state index is -5.82. The molecule has 34 heteroatoms. The van der Waals surface area contributed by atoms with Crippen molar-refractivity contribution in [3.63, 3.8) is 0 Å². The zero-order chi connectivity index (χ0) is 74.2. The first-order chi connectivity index (χ1) is 48.3. The molecule has 0 aromatic rings. The van der Waals surface area contributed by atoms with E-state index in [1.807, 2.05) is 0 Å². The van der Waals surface area contributed by atoms with Crippen LogP contribution in [0.2, 0.25) is 0 Å². The van der Waals surface area contributed by atoms with Crippen LogP contribution < -0.4 is 0 Å². The van der Waals surface area contributed by atoms with Crippen LogP contribution in [0.15, 0.2) is 12.2 Å². The highest BCUT2D eigenvalue weighted by Crippen LogP contribution is 2.49. The minimum Gasteiger partial charge on any atom is -0.462 e. The Balaban J connectivity index is 1.29. The Labute approximate surface area is 591 Å². The van der Waals surface area contributed by atoms with E-state index in [1.165, 1.54) is 77.0 Å². The molecule has 4 aliphatic heterocycles. The molecule has 592 valence electrons. The molecule has 4 heterocycles. The van der Waals surface area contributed by atoms with Crippen LogP contribution in [-0.2, 0) is 70.6 Å². The Morgan fingerprint density at radius 3 is 1.12 bits per heavy atom. The van der Waals surface area contributed by atoms with Gasteiger partial charge in [0.1, 0.15) is 141 Å². The second kappa shape index (κ2) is 47.6. The summed E-state index contributed by atoms with van der Waals surface area (Å²) in [7, 11) is -5.82. The Kier molecular flexibility index (Phi) is 42.1. The van der Waals surface area contributed by atoms with Crippen LogP contribution in [-0.4, -0.2) is 309 Å². The van der Waals surface area contributed by atoms with Gasteiger partial charge in [0, 0.05) is 12.8 Å². The van der Waals surface area contributed by atoms with Crippen LogP contribution in [0.1, 0.15) is 194 Å². The smallest absolute Gasteiger partial charge is 0.462 e. The number of carbonyl (C=O) groups is 2. The van der Waals surface area contributed by atoms with Gasteiger partial charge in [-0.05, 0) is 38.5 Å². The highest BCUT2D eigenvalue weighted by atomic mass is 31.2. The fraction of sp³-hybridized carbons (Fsp3) is 0.940. The topological polar surface area (TPSA) is 526 Å². The van der Waals surface area contributed by atoms with Crippen molar-refractivity contribution in [1.82, 2.24) is 0 Å². The number of carbonyl (C=O) groups excluding carboxylic acids is 2. The standard InChI is InChI=1S/C67H121O33P/c1-3-5-7-9-11-13-15-17-18-20-21-23-25-27-29-31-44(70)89-35-39(93-45(71)32-30-28-26-24-22-19-16-14-12-10-8-6-4-2)36-92-101(87,88)100-63-61(98-66-59(85)51(77)47(73)41(34-69)95-66)55(81)54(80)56(82)62(63)99-67-60(86)53(79)49(75)43(97-67)38-91-65-58(84)52(78)48(74)42(96-65)37-90-64-57(83)50(76)46(72)40(33-68)94-64/h17-18,39-43,46-69,72-86H,3-16,19-38H2,1-2H3,(H,87,88)/b18-17-/t39-,40?,41?,42?,43?,46+,47-,48+,49+,50?,51?,52?,53?,54+,55?,56?,57+,58+,59-,60+,61-,62?,63+,64-,65-,66-,67+/m1/s1. The lowest BCUT2D eigenvalue weighted by Crippen LogP contribution is -2.69. The van der Waals surface area contributed by atoms with E-state index in [1.54, 1.807) is 0 Å². The van der Waals surface area contributed by atoms with Crippen LogP contribution >= 0.6 is 7.82 Å². The van der Waals surface area contributed by atoms with Crippen molar-refractivity contribution in [2.75, 3.05) is 39.6 Å². The van der Waals surface area contributed by atoms with Crippen LogP contribution in [0.5, 0.6) is 0 Å². The van der Waals surface area contributed by atoms with E-state index in [0.29, 0.717) is 19.3 Å². The summed E-state index contributed by atoms with van der Waals surface area (Å²) in [6.45, 7) is -0.922. The Morgan fingerprint density at radius 1 is 0.386 bits per heavy atom. The molecule has 1 saturated carbocycles. The first-order valence-electron chi connectivity index (χ1n) is 36.5. The molecule has 18 N–H and O–H groups in total. The number of hydrogen-bond acceptors (Lipinski definition) is 32. The van der Waals surface area contributed by atoms with Crippen molar-refractivity contribution in [2.24, 2.45) is 0 Å². The van der Waals surface area contributed by atoms with Crippen molar-refractivity contribution in [2.45, 2.75) is 359 Å². The molecule has 0 bridgehead atoms. The third kappa shape index (κ3) is 29.0. The largest absolute Gasteiger partial charge is 0.472 e. The fourth-order valence-electron chi connectivity index (χ4n) is 12.6. The number of aliphatic hydroxyl groups is 17. The van der Waals surface area contributed by atoms with Gasteiger partial charge >= 0.3 is 19.8 Å². The van der Waals surface area contributed by atoms with Crippen molar-refractivity contribution in [3.8, 4) is 0 Å². The van der Waals surface area contributed by atoms with Crippen LogP contribution in [0.4, 0.5) is 0 Å². The molecule has 28 atom stereocenters. The Bertz CT molecular complexity index is 2320. The van der Waals surface area contributed by atoms with Gasteiger partial charge in [0.25, 0.3) is 0 Å². The first-order valence-corrected chi connectivity index (χ1v) is 38.0. The molecular weight excluding hydrogens is 1360 g/mol. The van der Waals surface area contributed by atoms with E-state index in [-0.39, 0.29) is 12.8 Å². The average Bonchev–Trinajstić information content (AvgIpc) is 0.770. The van der Waals surface area contributed by atoms with Crippen molar-refractivity contribution >= 4 is 19.8 Å². The highest BCUT2D eigenvalue weighted by molar-refractivity contribution is 7.47. The highest BCUT2D eigenvalue weighted by Gasteiger charge is 2.59. The summed E-state index contributed by atoms with van der Waals surface area (Å²) in [5, 5.41) is 183. The summed E-state index contributed by atoms with van der Waals surface area (Å²) >= 11 is 0. The molecule has 5 aliphatic rings. The molecule has 4 saturated heterocycles. The number of phosphoric acid groups is 1. The molecule has 0 amide bonds. The second-order valence-electron chi connectivity index (χ2n) is 27.2. The maximum atomic E-state index is 14.4. The van der Waals surface area contributed by atoms with Crippen LogP contribution in [0.3, 0.4) is 0 Å². The lowest BCUT2D eigenvalue weighted by Gasteiger charge is -2.49. The number of phosphoric ester groups is 1. The molecule has 0 aromatic carbocycles. The van der Waals surface area contributed by atoms with Crippen LogP contribution in [0, 0.1) is 0 Å². The van der Waals surface area contributed by atoms with Gasteiger partial charge in [0.05, 0.1) is 33.0 Å². The first kappa shape index (κ1) is 89.4. The normalized spacial score (nSPS) is 36.5. The summed E-state index contributed by atoms with van der Waals surface area (Å²) < 4.78 is 81.4. The summed E-state index contributed by atoms with van der Waals surface area (Å²) in [4.78, 5) is 38.1. The van der Waals surface area contributed by atoms with E-state index in [0.717, 1.165) is 70.6 Å². The van der Waals surface area contributed by atoms with E-state index < -0.39 is 225 Å². The molecule has 0 radical (unpaired) electrons. The number of allylic oxidation sites excluding steroid dienone is 2. The second-order valence-corrected chi connectivity index (χ2v) is 28.6. The Hall–Kier alpha value is -2.21. The maximum Gasteiger partial charge on any atom is 0.472 e. The molecular formula is C67H121O33P. The lowest BCUT2D eigenvalue weighted by atomic mass is 9.84. The monoisotopic (exact) mass is 1480 g/mol. The average molecular weight is 1490 g/mol. The molecule has 0 spiro atoms. The van der Waals surface area contributed by atoms with Gasteiger partial charge < -0.3 is 139 Å². The third-order valence-electron chi connectivity index (χ3n) is 19.0. The molecule has 0 aromatic heterocycles. The lowest BCUT2D eigenvalue weighted by molar-refractivity contribution is -0.365. The Morgan fingerprint density at radius 2 is 0.713 bits per heavy atom. The summed E-state index contributed by atoms with van der Waals surface area (Å²) in [6.07, 6.45) is -24.7. The van der Waals surface area contributed by atoms with E-state index in [2.05, 4.69) is 26.0 Å². The zero-order valence-electron chi connectivity index (χ0n) is 58.4. The number of rotatable bonds is 49. The minimum absolute atomic E-state index is 0.0121. The maximum absolute atomic E-state index is 14.4.